The average molecular weight is 225 g/mol. The van der Waals surface area contributed by atoms with Crippen LogP contribution in [0.15, 0.2) is 24.3 Å². The number of hydrogen-bond donors (Lipinski definition) is 1. The van der Waals surface area contributed by atoms with E-state index in [1.54, 1.807) is 0 Å². The number of hydrogen-bond acceptors (Lipinski definition) is 3. The number of anilines is 1. The third-order valence-corrected chi connectivity index (χ3v) is 2.07. The van der Waals surface area contributed by atoms with Crippen LogP contribution in [0.5, 0.6) is 5.75 Å². The van der Waals surface area contributed by atoms with Crippen molar-refractivity contribution in [2.24, 2.45) is 0 Å². The Morgan fingerprint density at radius 1 is 1.00 bits per heavy atom. The van der Waals surface area contributed by atoms with Crippen LogP contribution >= 0.6 is 0 Å². The first-order chi connectivity index (χ1) is 7.50. The molecule has 6 heteroatoms. The number of aromatic hydroxyl groups is 1. The molecule has 1 aromatic rings. The second-order valence-corrected chi connectivity index (χ2v) is 3.10. The van der Waals surface area contributed by atoms with Gasteiger partial charge >= 0.3 is 0 Å². The van der Waals surface area contributed by atoms with Crippen molar-refractivity contribution in [3.05, 3.63) is 35.9 Å². The van der Waals surface area contributed by atoms with Gasteiger partial charge in [-0.3, -0.25) is 9.59 Å². The van der Waals surface area contributed by atoms with E-state index in [2.05, 4.69) is 0 Å². The smallest absolute Gasteiger partial charge is 0.258 e. The molecule has 2 rings (SSSR count). The van der Waals surface area contributed by atoms with Crippen LogP contribution in [0.1, 0.15) is 0 Å². The fraction of sp³-hybridized carbons (Fsp3) is 0. The molecule has 0 spiro atoms. The Balaban J connectivity index is 2.50. The van der Waals surface area contributed by atoms with Crippen molar-refractivity contribution in [1.82, 2.24) is 0 Å². The number of carbonyl (C=O) groups excluding carboxylic acids is 2. The van der Waals surface area contributed by atoms with E-state index in [-0.39, 0.29) is 5.69 Å². The van der Waals surface area contributed by atoms with Crippen LogP contribution in [0.25, 0.3) is 0 Å². The standard InChI is InChI=1S/C10H5F2NO3/c11-6-3-5(4-7(12)10(6)16)13-8(14)1-2-9(13)15/h1-4,16H. The molecule has 4 nitrogen and oxygen atoms in total. The number of benzene rings is 1. The normalized spacial score (nSPS) is 15.0. The number of amides is 2. The van der Waals surface area contributed by atoms with E-state index in [9.17, 15) is 18.4 Å². The van der Waals surface area contributed by atoms with Crippen molar-refractivity contribution in [2.75, 3.05) is 4.90 Å². The topological polar surface area (TPSA) is 57.6 Å². The Kier molecular flexibility index (Phi) is 2.19. The van der Waals surface area contributed by atoms with Crippen molar-refractivity contribution in [2.45, 2.75) is 0 Å². The summed E-state index contributed by atoms with van der Waals surface area (Å²) in [6.45, 7) is 0. The van der Waals surface area contributed by atoms with E-state index < -0.39 is 29.2 Å². The molecule has 1 aromatic carbocycles. The summed E-state index contributed by atoms with van der Waals surface area (Å²) in [5, 5.41) is 8.85. The quantitative estimate of drug-likeness (QED) is 0.728. The van der Waals surface area contributed by atoms with Crippen LogP contribution in [0.3, 0.4) is 0 Å². The maximum atomic E-state index is 13.0. The van der Waals surface area contributed by atoms with Crippen LogP contribution in [0.4, 0.5) is 14.5 Å². The third-order valence-electron chi connectivity index (χ3n) is 2.07. The van der Waals surface area contributed by atoms with E-state index in [0.717, 1.165) is 12.2 Å². The Labute approximate surface area is 88.4 Å². The van der Waals surface area contributed by atoms with Gasteiger partial charge in [0.1, 0.15) is 0 Å². The van der Waals surface area contributed by atoms with Crippen molar-refractivity contribution >= 4 is 17.5 Å². The number of rotatable bonds is 1. The van der Waals surface area contributed by atoms with Gasteiger partial charge in [0, 0.05) is 24.3 Å². The van der Waals surface area contributed by atoms with Crippen LogP contribution in [-0.4, -0.2) is 16.9 Å². The first kappa shape index (κ1) is 10.3. The summed E-state index contributed by atoms with van der Waals surface area (Å²) in [6, 6.07) is 1.42. The summed E-state index contributed by atoms with van der Waals surface area (Å²) in [4.78, 5) is 23.0. The fourth-order valence-corrected chi connectivity index (χ4v) is 1.34. The van der Waals surface area contributed by atoms with E-state index in [1.807, 2.05) is 0 Å². The largest absolute Gasteiger partial charge is 0.503 e. The predicted octanol–water partition coefficient (Wildman–Crippen LogP) is 1.10. The minimum absolute atomic E-state index is 0.257. The summed E-state index contributed by atoms with van der Waals surface area (Å²) < 4.78 is 26.0. The van der Waals surface area contributed by atoms with Gasteiger partial charge in [-0.05, 0) is 0 Å². The highest BCUT2D eigenvalue weighted by Crippen LogP contribution is 2.27. The average Bonchev–Trinajstić information content (AvgIpc) is 2.54. The second kappa shape index (κ2) is 3.41. The molecular weight excluding hydrogens is 220 g/mol. The zero-order chi connectivity index (χ0) is 11.9. The van der Waals surface area contributed by atoms with Crippen LogP contribution in [0, 0.1) is 11.6 Å². The zero-order valence-corrected chi connectivity index (χ0v) is 7.78. The Morgan fingerprint density at radius 3 is 1.88 bits per heavy atom. The van der Waals surface area contributed by atoms with Gasteiger partial charge in [-0.15, -0.1) is 0 Å². The van der Waals surface area contributed by atoms with E-state index in [4.69, 9.17) is 5.11 Å². The maximum absolute atomic E-state index is 13.0. The van der Waals surface area contributed by atoms with E-state index in [1.165, 1.54) is 0 Å². The molecule has 0 saturated carbocycles. The lowest BCUT2D eigenvalue weighted by Crippen LogP contribution is -2.29. The zero-order valence-electron chi connectivity index (χ0n) is 7.78. The van der Waals surface area contributed by atoms with Gasteiger partial charge < -0.3 is 5.11 Å². The molecule has 82 valence electrons. The number of phenolic OH excluding ortho intramolecular Hbond substituents is 1. The summed E-state index contributed by atoms with van der Waals surface area (Å²) in [6.07, 6.45) is 1.98. The fourth-order valence-electron chi connectivity index (χ4n) is 1.34. The minimum atomic E-state index is -1.23. The van der Waals surface area contributed by atoms with Crippen LogP contribution in [-0.2, 0) is 9.59 Å². The molecule has 0 radical (unpaired) electrons. The van der Waals surface area contributed by atoms with E-state index >= 15 is 0 Å². The Bertz CT molecular complexity index is 484. The minimum Gasteiger partial charge on any atom is -0.503 e. The number of nitrogens with zero attached hydrogens (tertiary/aromatic N) is 1. The number of phenols is 1. The van der Waals surface area contributed by atoms with Gasteiger partial charge in [-0.2, -0.15) is 0 Å². The lowest BCUT2D eigenvalue weighted by molar-refractivity contribution is -0.119. The number of carbonyl (C=O) groups is 2. The summed E-state index contributed by atoms with van der Waals surface area (Å²) >= 11 is 0. The Hall–Kier alpha value is -2.24. The van der Waals surface area contributed by atoms with Crippen LogP contribution in [0.2, 0.25) is 0 Å². The van der Waals surface area contributed by atoms with Gasteiger partial charge in [-0.1, -0.05) is 0 Å². The molecule has 0 bridgehead atoms. The molecule has 1 aliphatic rings. The highest BCUT2D eigenvalue weighted by Gasteiger charge is 2.26. The second-order valence-electron chi connectivity index (χ2n) is 3.10. The molecule has 0 aromatic heterocycles. The lowest BCUT2D eigenvalue weighted by atomic mass is 10.2. The number of imide groups is 1. The summed E-state index contributed by atoms with van der Waals surface area (Å²) in [5.41, 5.74) is -0.257. The van der Waals surface area contributed by atoms with Gasteiger partial charge in [0.25, 0.3) is 11.8 Å². The molecule has 1 N–H and O–H groups in total. The monoisotopic (exact) mass is 225 g/mol. The highest BCUT2D eigenvalue weighted by molar-refractivity contribution is 6.28. The molecule has 2 amide bonds. The lowest BCUT2D eigenvalue weighted by Gasteiger charge is -2.14. The molecule has 0 fully saturated rings. The van der Waals surface area contributed by atoms with Crippen molar-refractivity contribution in [1.29, 1.82) is 0 Å². The predicted molar refractivity (Wildman–Crippen MR) is 49.7 cm³/mol. The molecule has 0 atom stereocenters. The maximum Gasteiger partial charge on any atom is 0.258 e. The molecule has 0 saturated heterocycles. The molecule has 16 heavy (non-hydrogen) atoms. The molecule has 0 aliphatic carbocycles. The van der Waals surface area contributed by atoms with Gasteiger partial charge in [0.2, 0.25) is 0 Å². The third kappa shape index (κ3) is 1.44. The first-order valence-electron chi connectivity index (χ1n) is 4.25. The molecular formula is C10H5F2NO3. The van der Waals surface area contributed by atoms with Crippen molar-refractivity contribution in [3.63, 3.8) is 0 Å². The van der Waals surface area contributed by atoms with Gasteiger partial charge in [-0.25, -0.2) is 13.7 Å². The Morgan fingerprint density at radius 2 is 1.44 bits per heavy atom. The van der Waals surface area contributed by atoms with Crippen LogP contribution < -0.4 is 4.90 Å². The van der Waals surface area contributed by atoms with Gasteiger partial charge in [0.05, 0.1) is 5.69 Å². The molecule has 0 unspecified atom stereocenters. The van der Waals surface area contributed by atoms with Crippen molar-refractivity contribution in [3.8, 4) is 5.75 Å². The SMILES string of the molecule is O=C1C=CC(=O)N1c1cc(F)c(O)c(F)c1. The number of halogens is 2. The van der Waals surface area contributed by atoms with Crippen molar-refractivity contribution < 1.29 is 23.5 Å². The van der Waals surface area contributed by atoms with E-state index in [0.29, 0.717) is 17.0 Å². The highest BCUT2D eigenvalue weighted by atomic mass is 19.1. The summed E-state index contributed by atoms with van der Waals surface area (Å²) in [7, 11) is 0. The first-order valence-corrected chi connectivity index (χ1v) is 4.25. The molecule has 1 heterocycles. The molecule has 1 aliphatic heterocycles. The summed E-state index contributed by atoms with van der Waals surface area (Å²) in [5.74, 6) is -4.98. The van der Waals surface area contributed by atoms with Gasteiger partial charge in [0.15, 0.2) is 17.4 Å².